The fourth-order valence-corrected chi connectivity index (χ4v) is 3.80. The third-order valence-electron chi connectivity index (χ3n) is 4.57. The average molecular weight is 402 g/mol. The van der Waals surface area contributed by atoms with Crippen molar-refractivity contribution in [1.29, 1.82) is 0 Å². The number of carbonyl (C=O) groups is 1. The van der Waals surface area contributed by atoms with E-state index >= 15 is 0 Å². The van der Waals surface area contributed by atoms with E-state index in [1.807, 2.05) is 43.7 Å². The molecule has 0 bridgehead atoms. The van der Waals surface area contributed by atoms with Crippen LogP contribution in [0.5, 0.6) is 0 Å². The highest BCUT2D eigenvalue weighted by Crippen LogP contribution is 2.43. The van der Waals surface area contributed by atoms with Crippen LogP contribution in [-0.2, 0) is 0 Å². The van der Waals surface area contributed by atoms with Crippen LogP contribution >= 0.6 is 22.9 Å². The fourth-order valence-electron chi connectivity index (χ4n) is 2.88. The third kappa shape index (κ3) is 3.61. The van der Waals surface area contributed by atoms with Gasteiger partial charge in [0.15, 0.2) is 0 Å². The number of aryl methyl sites for hydroxylation is 1. The molecule has 1 N–H and O–H groups in total. The summed E-state index contributed by atoms with van der Waals surface area (Å²) < 4.78 is 1.83. The quantitative estimate of drug-likeness (QED) is 0.657. The second kappa shape index (κ2) is 7.05. The van der Waals surface area contributed by atoms with Crippen molar-refractivity contribution < 1.29 is 4.79 Å². The van der Waals surface area contributed by atoms with Gasteiger partial charge in [0.05, 0.1) is 23.1 Å². The monoisotopic (exact) mass is 401 g/mol. The average Bonchev–Trinajstić information content (AvgIpc) is 3.18. The minimum Gasteiger partial charge on any atom is -0.296 e. The van der Waals surface area contributed by atoms with Gasteiger partial charge in [0, 0.05) is 16.9 Å². The molecule has 1 fully saturated rings. The zero-order valence-corrected chi connectivity index (χ0v) is 16.9. The maximum Gasteiger partial charge on any atom is 0.260 e. The van der Waals surface area contributed by atoms with Crippen LogP contribution in [0.3, 0.4) is 0 Å². The zero-order valence-electron chi connectivity index (χ0n) is 15.4. The van der Waals surface area contributed by atoms with Gasteiger partial charge in [-0.3, -0.25) is 10.1 Å². The van der Waals surface area contributed by atoms with Crippen LogP contribution < -0.4 is 5.32 Å². The van der Waals surface area contributed by atoms with E-state index in [1.54, 1.807) is 6.20 Å². The number of hydrogen-bond donors (Lipinski definition) is 1. The van der Waals surface area contributed by atoms with Gasteiger partial charge in [-0.25, -0.2) is 4.68 Å². The topological polar surface area (TPSA) is 72.7 Å². The van der Waals surface area contributed by atoms with Crippen LogP contribution in [-0.4, -0.2) is 25.9 Å². The fraction of sp³-hybridized carbons (Fsp3) is 0.368. The molecule has 0 spiro atoms. The summed E-state index contributed by atoms with van der Waals surface area (Å²) in [6, 6.07) is 5.82. The zero-order chi connectivity index (χ0) is 19.1. The minimum absolute atomic E-state index is 0.201. The van der Waals surface area contributed by atoms with Crippen LogP contribution in [0.1, 0.15) is 65.1 Å². The molecule has 1 amide bonds. The van der Waals surface area contributed by atoms with Gasteiger partial charge < -0.3 is 0 Å². The molecule has 0 atom stereocenters. The van der Waals surface area contributed by atoms with Crippen molar-refractivity contribution in [3.8, 4) is 5.69 Å². The van der Waals surface area contributed by atoms with Gasteiger partial charge in [0.1, 0.15) is 5.01 Å². The van der Waals surface area contributed by atoms with Crippen LogP contribution in [0.25, 0.3) is 5.69 Å². The maximum absolute atomic E-state index is 12.9. The smallest absolute Gasteiger partial charge is 0.260 e. The molecule has 1 saturated carbocycles. The van der Waals surface area contributed by atoms with E-state index in [1.165, 1.54) is 11.3 Å². The molecule has 0 unspecified atom stereocenters. The molecule has 27 heavy (non-hydrogen) atoms. The van der Waals surface area contributed by atoms with Crippen LogP contribution in [0.2, 0.25) is 5.02 Å². The number of halogens is 1. The number of hydrogen-bond acceptors (Lipinski definition) is 5. The van der Waals surface area contributed by atoms with Gasteiger partial charge in [-0.1, -0.05) is 42.9 Å². The van der Waals surface area contributed by atoms with E-state index in [9.17, 15) is 4.79 Å². The summed E-state index contributed by atoms with van der Waals surface area (Å²) >= 11 is 7.68. The Kier molecular flexibility index (Phi) is 4.74. The molecule has 2 heterocycles. The van der Waals surface area contributed by atoms with Crippen molar-refractivity contribution in [1.82, 2.24) is 20.0 Å². The van der Waals surface area contributed by atoms with Crippen molar-refractivity contribution in [2.45, 2.75) is 45.4 Å². The number of nitrogens with one attached hydrogen (secondary N) is 1. The van der Waals surface area contributed by atoms with Gasteiger partial charge in [-0.15, -0.1) is 10.2 Å². The van der Waals surface area contributed by atoms with Gasteiger partial charge >= 0.3 is 0 Å². The highest BCUT2D eigenvalue weighted by molar-refractivity contribution is 7.15. The molecule has 1 aliphatic carbocycles. The van der Waals surface area contributed by atoms with E-state index in [0.717, 1.165) is 34.8 Å². The molecule has 1 aromatic carbocycles. The van der Waals surface area contributed by atoms with Crippen molar-refractivity contribution in [2.24, 2.45) is 0 Å². The number of rotatable bonds is 5. The summed E-state index contributed by atoms with van der Waals surface area (Å²) in [7, 11) is 0. The first-order chi connectivity index (χ1) is 12.9. The molecule has 6 nitrogen and oxygen atoms in total. The Labute approximate surface area is 166 Å². The number of benzene rings is 1. The summed E-state index contributed by atoms with van der Waals surface area (Å²) in [6.45, 7) is 6.06. The first kappa shape index (κ1) is 18.1. The van der Waals surface area contributed by atoms with Crippen LogP contribution in [0.4, 0.5) is 5.13 Å². The van der Waals surface area contributed by atoms with Gasteiger partial charge in [-0.2, -0.15) is 5.10 Å². The van der Waals surface area contributed by atoms with Crippen molar-refractivity contribution in [3.63, 3.8) is 0 Å². The lowest BCUT2D eigenvalue weighted by atomic mass is 10.1. The Balaban J connectivity index is 1.65. The number of carbonyl (C=O) groups excluding carboxylic acids is 1. The molecular weight excluding hydrogens is 382 g/mol. The molecular formula is C19H20ClN5OS. The number of amides is 1. The van der Waals surface area contributed by atoms with E-state index in [-0.39, 0.29) is 11.8 Å². The highest BCUT2D eigenvalue weighted by Gasteiger charge is 2.33. The Morgan fingerprint density at radius 2 is 2.11 bits per heavy atom. The normalized spacial score (nSPS) is 14.0. The lowest BCUT2D eigenvalue weighted by molar-refractivity contribution is 0.102. The van der Waals surface area contributed by atoms with E-state index < -0.39 is 0 Å². The third-order valence-corrected chi connectivity index (χ3v) is 6.12. The predicted molar refractivity (Wildman–Crippen MR) is 107 cm³/mol. The maximum atomic E-state index is 12.9. The minimum atomic E-state index is -0.201. The lowest BCUT2D eigenvalue weighted by Crippen LogP contribution is -2.14. The molecule has 3 aromatic rings. The number of anilines is 1. The number of nitrogens with zero attached hydrogens (tertiary/aromatic N) is 4. The summed E-state index contributed by atoms with van der Waals surface area (Å²) in [5.74, 6) is 0.422. The molecule has 0 radical (unpaired) electrons. The Morgan fingerprint density at radius 1 is 1.33 bits per heavy atom. The van der Waals surface area contributed by atoms with E-state index in [2.05, 4.69) is 20.6 Å². The first-order valence-corrected chi connectivity index (χ1v) is 10.1. The second-order valence-corrected chi connectivity index (χ2v) is 8.53. The van der Waals surface area contributed by atoms with Gasteiger partial charge in [0.2, 0.25) is 5.13 Å². The van der Waals surface area contributed by atoms with Gasteiger partial charge in [0.25, 0.3) is 5.91 Å². The highest BCUT2D eigenvalue weighted by atomic mass is 35.5. The Bertz CT molecular complexity index is 1010. The molecule has 1 aliphatic rings. The van der Waals surface area contributed by atoms with Crippen molar-refractivity contribution >= 4 is 34.0 Å². The summed E-state index contributed by atoms with van der Waals surface area (Å²) in [5, 5.41) is 17.6. The standard InChI is InChI=1S/C19H20ClN5OS/c1-10(2)18-23-24-19(27-18)22-17(26)14-9-21-25(16(14)12-5-6-12)13-7-4-11(3)15(20)8-13/h4,7-10,12H,5-6H2,1-3H3,(H,22,24,26). The SMILES string of the molecule is Cc1ccc(-n2ncc(C(=O)Nc3nnc(C(C)C)s3)c2C2CC2)cc1Cl. The van der Waals surface area contributed by atoms with Crippen LogP contribution in [0, 0.1) is 6.92 Å². The molecule has 0 saturated heterocycles. The second-order valence-electron chi connectivity index (χ2n) is 7.12. The Morgan fingerprint density at radius 3 is 2.74 bits per heavy atom. The van der Waals surface area contributed by atoms with E-state index in [4.69, 9.17) is 11.6 Å². The molecule has 2 aromatic heterocycles. The first-order valence-electron chi connectivity index (χ1n) is 8.93. The summed E-state index contributed by atoms with van der Waals surface area (Å²) in [4.78, 5) is 12.9. The van der Waals surface area contributed by atoms with Crippen molar-refractivity contribution in [2.75, 3.05) is 5.32 Å². The number of aromatic nitrogens is 4. The summed E-state index contributed by atoms with van der Waals surface area (Å²) in [5.41, 5.74) is 3.39. The molecule has 0 aliphatic heterocycles. The van der Waals surface area contributed by atoms with Crippen molar-refractivity contribution in [3.05, 3.63) is 51.2 Å². The largest absolute Gasteiger partial charge is 0.296 e. The Hall–Kier alpha value is -2.25. The lowest BCUT2D eigenvalue weighted by Gasteiger charge is -2.10. The van der Waals surface area contributed by atoms with Crippen LogP contribution in [0.15, 0.2) is 24.4 Å². The molecule has 140 valence electrons. The predicted octanol–water partition coefficient (Wildman–Crippen LogP) is 4.94. The molecule has 4 rings (SSSR count). The van der Waals surface area contributed by atoms with Gasteiger partial charge in [-0.05, 0) is 37.5 Å². The summed E-state index contributed by atoms with van der Waals surface area (Å²) in [6.07, 6.45) is 3.74. The van der Waals surface area contributed by atoms with E-state index in [0.29, 0.717) is 21.6 Å². The molecule has 8 heteroatoms.